The summed E-state index contributed by atoms with van der Waals surface area (Å²) in [7, 11) is -1.71. The molecule has 4 rings (SSSR count). The Morgan fingerprint density at radius 1 is 0.921 bits per heavy atom. The fourth-order valence-corrected chi connectivity index (χ4v) is 6.27. The highest BCUT2D eigenvalue weighted by atomic mass is 28.4. The maximum absolute atomic E-state index is 13.4. The summed E-state index contributed by atoms with van der Waals surface area (Å²) >= 11 is 0. The number of halogens is 3. The van der Waals surface area contributed by atoms with Gasteiger partial charge in [-0.25, -0.2) is 0 Å². The Hall–Kier alpha value is -2.50. The Balaban J connectivity index is 1.32. The molecule has 206 valence electrons. The van der Waals surface area contributed by atoms with Gasteiger partial charge in [0.1, 0.15) is 0 Å². The molecule has 0 radical (unpaired) electrons. The van der Waals surface area contributed by atoms with Crippen LogP contribution in [0.25, 0.3) is 0 Å². The summed E-state index contributed by atoms with van der Waals surface area (Å²) in [4.78, 5) is 4.44. The number of benzene rings is 2. The maximum Gasteiger partial charge on any atom is 0.417 e. The first-order chi connectivity index (χ1) is 17.8. The van der Waals surface area contributed by atoms with Crippen LogP contribution in [0, 0.1) is 17.2 Å². The summed E-state index contributed by atoms with van der Waals surface area (Å²) in [6, 6.07) is 14.4. The van der Waals surface area contributed by atoms with Crippen LogP contribution in [0.3, 0.4) is 0 Å². The summed E-state index contributed by atoms with van der Waals surface area (Å²) in [6.45, 7) is 15.8. The number of hydrogen-bond acceptors (Lipinski definition) is 4. The molecule has 2 aromatic rings. The van der Waals surface area contributed by atoms with E-state index in [0.717, 1.165) is 45.0 Å². The molecule has 1 atom stereocenters. The van der Waals surface area contributed by atoms with Crippen LogP contribution >= 0.6 is 0 Å². The monoisotopic (exact) mass is 543 g/mol. The fraction of sp³-hybridized carbons (Fsp3) is 0.567. The van der Waals surface area contributed by atoms with Gasteiger partial charge in [0.25, 0.3) is 0 Å². The van der Waals surface area contributed by atoms with Crippen LogP contribution in [0.5, 0.6) is 0 Å². The van der Waals surface area contributed by atoms with Gasteiger partial charge in [-0.3, -0.25) is 0 Å². The topological polar surface area (TPSA) is 39.5 Å². The van der Waals surface area contributed by atoms with E-state index in [1.165, 1.54) is 17.3 Å². The first-order valence-corrected chi connectivity index (χ1v) is 16.5. The molecule has 2 aliphatic heterocycles. The lowest BCUT2D eigenvalue weighted by Gasteiger charge is -2.39. The zero-order valence-electron chi connectivity index (χ0n) is 23.2. The highest BCUT2D eigenvalue weighted by molar-refractivity contribution is 6.74. The van der Waals surface area contributed by atoms with Crippen molar-refractivity contribution in [2.45, 2.75) is 70.3 Å². The third kappa shape index (κ3) is 6.37. The molecule has 4 nitrogen and oxygen atoms in total. The molecule has 38 heavy (non-hydrogen) atoms. The van der Waals surface area contributed by atoms with Gasteiger partial charge in [0.15, 0.2) is 8.32 Å². The van der Waals surface area contributed by atoms with Crippen molar-refractivity contribution in [1.29, 1.82) is 5.26 Å². The predicted molar refractivity (Wildman–Crippen MR) is 150 cm³/mol. The highest BCUT2D eigenvalue weighted by Crippen LogP contribution is 2.39. The van der Waals surface area contributed by atoms with E-state index in [0.29, 0.717) is 24.7 Å². The van der Waals surface area contributed by atoms with Crippen LogP contribution in [0.2, 0.25) is 18.1 Å². The van der Waals surface area contributed by atoms with Gasteiger partial charge >= 0.3 is 6.18 Å². The van der Waals surface area contributed by atoms with Gasteiger partial charge in [0, 0.05) is 50.1 Å². The van der Waals surface area contributed by atoms with Gasteiger partial charge < -0.3 is 14.2 Å². The molecule has 0 amide bonds. The van der Waals surface area contributed by atoms with Crippen molar-refractivity contribution in [3.05, 3.63) is 59.2 Å². The fourth-order valence-electron chi connectivity index (χ4n) is 5.19. The first-order valence-electron chi connectivity index (χ1n) is 13.6. The molecule has 8 heteroatoms. The molecule has 0 saturated carbocycles. The SMILES string of the molecule is CC(C)(C)[Si](C)(C)OCC1CCN(c2ccc(C3CCN(c4ccc(C#N)c(C(F)(F)F)c4)C3)cc2)CC1. The molecule has 2 aromatic carbocycles. The number of nitriles is 1. The average molecular weight is 544 g/mol. The molecule has 0 aromatic heterocycles. The molecule has 2 saturated heterocycles. The molecular formula is C30H40F3N3OSi. The number of alkyl halides is 3. The number of rotatable bonds is 6. The number of piperidine rings is 1. The van der Waals surface area contributed by atoms with Crippen LogP contribution in [-0.4, -0.2) is 41.1 Å². The second kappa shape index (κ2) is 10.9. The minimum Gasteiger partial charge on any atom is -0.417 e. The quantitative estimate of drug-likeness (QED) is 0.348. The van der Waals surface area contributed by atoms with Gasteiger partial charge in [0.05, 0.1) is 17.2 Å². The third-order valence-electron chi connectivity index (χ3n) is 8.81. The molecule has 0 spiro atoms. The normalized spacial score (nSPS) is 19.6. The summed E-state index contributed by atoms with van der Waals surface area (Å²) < 4.78 is 46.7. The Labute approximate surface area is 226 Å². The van der Waals surface area contributed by atoms with Crippen molar-refractivity contribution in [1.82, 2.24) is 0 Å². The molecule has 2 fully saturated rings. The van der Waals surface area contributed by atoms with Crippen LogP contribution in [0.15, 0.2) is 42.5 Å². The summed E-state index contributed by atoms with van der Waals surface area (Å²) in [6.07, 6.45) is -1.38. The zero-order chi connectivity index (χ0) is 27.7. The van der Waals surface area contributed by atoms with E-state index in [9.17, 15) is 13.2 Å². The minimum atomic E-state index is -4.54. The molecule has 2 heterocycles. The largest absolute Gasteiger partial charge is 0.417 e. The molecular weight excluding hydrogens is 503 g/mol. The summed E-state index contributed by atoms with van der Waals surface area (Å²) in [5.41, 5.74) is 1.78. The minimum absolute atomic E-state index is 0.236. The number of anilines is 2. The van der Waals surface area contributed by atoms with E-state index in [1.54, 1.807) is 12.1 Å². The lowest BCUT2D eigenvalue weighted by atomic mass is 9.96. The summed E-state index contributed by atoms with van der Waals surface area (Å²) in [5, 5.41) is 9.30. The standard InChI is InChI=1S/C30H40F3N3OSi/c1-29(2,3)38(4,5)37-21-22-12-15-35(16-13-22)26-9-6-23(7-10-26)25-14-17-36(20-25)27-11-8-24(19-34)28(18-27)30(31,32)33/h6-11,18,22,25H,12-17,20-21H2,1-5H3. The van der Waals surface area contributed by atoms with E-state index in [1.807, 2.05) is 4.90 Å². The van der Waals surface area contributed by atoms with Crippen molar-refractivity contribution < 1.29 is 17.6 Å². The Morgan fingerprint density at radius 3 is 2.11 bits per heavy atom. The smallest absolute Gasteiger partial charge is 0.417 e. The van der Waals surface area contributed by atoms with Crippen LogP contribution < -0.4 is 9.80 Å². The average Bonchev–Trinajstić information content (AvgIpc) is 3.37. The second-order valence-corrected chi connectivity index (χ2v) is 17.2. The van der Waals surface area contributed by atoms with Gasteiger partial charge in [-0.15, -0.1) is 0 Å². The van der Waals surface area contributed by atoms with Gasteiger partial charge in [-0.2, -0.15) is 18.4 Å². The third-order valence-corrected chi connectivity index (χ3v) is 13.3. The van der Waals surface area contributed by atoms with Crippen LogP contribution in [-0.2, 0) is 10.6 Å². The molecule has 0 aliphatic carbocycles. The van der Waals surface area contributed by atoms with Crippen molar-refractivity contribution in [2.75, 3.05) is 42.6 Å². The van der Waals surface area contributed by atoms with Crippen molar-refractivity contribution >= 4 is 19.7 Å². The van der Waals surface area contributed by atoms with Crippen molar-refractivity contribution in [3.63, 3.8) is 0 Å². The Kier molecular flexibility index (Phi) is 8.20. The summed E-state index contributed by atoms with van der Waals surface area (Å²) in [5.74, 6) is 0.886. The lowest BCUT2D eigenvalue weighted by Crippen LogP contribution is -2.43. The number of nitrogens with zero attached hydrogens (tertiary/aromatic N) is 3. The van der Waals surface area contributed by atoms with E-state index in [4.69, 9.17) is 9.69 Å². The van der Waals surface area contributed by atoms with E-state index < -0.39 is 20.1 Å². The Bertz CT molecular complexity index is 1140. The molecule has 0 N–H and O–H groups in total. The molecule has 2 aliphatic rings. The lowest BCUT2D eigenvalue weighted by molar-refractivity contribution is -0.137. The van der Waals surface area contributed by atoms with Crippen LogP contribution in [0.4, 0.5) is 24.5 Å². The second-order valence-electron chi connectivity index (χ2n) is 12.4. The highest BCUT2D eigenvalue weighted by Gasteiger charge is 2.38. The van der Waals surface area contributed by atoms with E-state index in [2.05, 4.69) is 63.0 Å². The Morgan fingerprint density at radius 2 is 1.53 bits per heavy atom. The van der Waals surface area contributed by atoms with Gasteiger partial charge in [-0.1, -0.05) is 32.9 Å². The van der Waals surface area contributed by atoms with Crippen LogP contribution in [0.1, 0.15) is 62.6 Å². The number of hydrogen-bond donors (Lipinski definition) is 0. The van der Waals surface area contributed by atoms with Crippen molar-refractivity contribution in [2.24, 2.45) is 5.92 Å². The van der Waals surface area contributed by atoms with Gasteiger partial charge in [-0.05, 0) is 79.2 Å². The molecule has 0 bridgehead atoms. The molecule has 1 unspecified atom stereocenters. The first kappa shape index (κ1) is 28.5. The van der Waals surface area contributed by atoms with E-state index >= 15 is 0 Å². The van der Waals surface area contributed by atoms with Gasteiger partial charge in [0.2, 0.25) is 0 Å². The zero-order valence-corrected chi connectivity index (χ0v) is 24.2. The predicted octanol–water partition coefficient (Wildman–Crippen LogP) is 7.81. The maximum atomic E-state index is 13.4. The van der Waals surface area contributed by atoms with E-state index in [-0.39, 0.29) is 16.5 Å². The van der Waals surface area contributed by atoms with Crippen molar-refractivity contribution in [3.8, 4) is 6.07 Å².